The van der Waals surface area contributed by atoms with E-state index in [0.29, 0.717) is 11.7 Å². The Labute approximate surface area is 96.6 Å². The van der Waals surface area contributed by atoms with Crippen molar-refractivity contribution in [1.29, 1.82) is 0 Å². The first kappa shape index (κ1) is 11.4. The third-order valence-electron chi connectivity index (χ3n) is 3.29. The average Bonchev–Trinajstić information content (AvgIpc) is 2.95. The second-order valence-electron chi connectivity index (χ2n) is 5.12. The molecule has 0 amide bonds. The summed E-state index contributed by atoms with van der Waals surface area (Å²) in [4.78, 5) is 0. The third-order valence-corrected chi connectivity index (χ3v) is 3.29. The first-order valence-corrected chi connectivity index (χ1v) is 5.95. The summed E-state index contributed by atoms with van der Waals surface area (Å²) < 4.78 is 18.3. The molecule has 2 heteroatoms. The van der Waals surface area contributed by atoms with E-state index in [4.69, 9.17) is 4.74 Å². The molecule has 1 nitrogen and oxygen atoms in total. The molecule has 2 unspecified atom stereocenters. The van der Waals surface area contributed by atoms with Crippen LogP contribution in [-0.4, -0.2) is 7.11 Å². The van der Waals surface area contributed by atoms with Crippen molar-refractivity contribution in [1.82, 2.24) is 0 Å². The number of rotatable bonds is 4. The summed E-state index contributed by atoms with van der Waals surface area (Å²) in [7, 11) is 1.61. The highest BCUT2D eigenvalue weighted by Gasteiger charge is 2.39. The van der Waals surface area contributed by atoms with E-state index in [0.717, 1.165) is 11.8 Å². The SMILES string of the molecule is COc1cc(F)ccc1C1CC1CC(C)C. The molecule has 0 radical (unpaired) electrons. The molecule has 1 aliphatic carbocycles. The molecule has 2 rings (SSSR count). The Kier molecular flexibility index (Phi) is 3.17. The van der Waals surface area contributed by atoms with E-state index in [9.17, 15) is 4.39 Å². The van der Waals surface area contributed by atoms with Crippen LogP contribution in [0, 0.1) is 17.7 Å². The van der Waals surface area contributed by atoms with E-state index in [1.54, 1.807) is 7.11 Å². The van der Waals surface area contributed by atoms with Crippen molar-refractivity contribution >= 4 is 0 Å². The van der Waals surface area contributed by atoms with Gasteiger partial charge in [-0.2, -0.15) is 0 Å². The summed E-state index contributed by atoms with van der Waals surface area (Å²) in [5.74, 6) is 2.57. The van der Waals surface area contributed by atoms with Crippen molar-refractivity contribution in [2.24, 2.45) is 11.8 Å². The number of benzene rings is 1. The average molecular weight is 222 g/mol. The summed E-state index contributed by atoms with van der Waals surface area (Å²) in [6.07, 6.45) is 2.48. The quantitative estimate of drug-likeness (QED) is 0.748. The Morgan fingerprint density at radius 1 is 1.44 bits per heavy atom. The number of methoxy groups -OCH3 is 1. The molecule has 88 valence electrons. The molecule has 1 saturated carbocycles. The fourth-order valence-electron chi connectivity index (χ4n) is 2.49. The minimum absolute atomic E-state index is 0.221. The maximum absolute atomic E-state index is 13.0. The third kappa shape index (κ3) is 2.37. The van der Waals surface area contributed by atoms with Crippen molar-refractivity contribution in [2.45, 2.75) is 32.6 Å². The van der Waals surface area contributed by atoms with Gasteiger partial charge < -0.3 is 4.74 Å². The van der Waals surface area contributed by atoms with Gasteiger partial charge in [-0.15, -0.1) is 0 Å². The van der Waals surface area contributed by atoms with Crippen LogP contribution in [0.1, 0.15) is 38.2 Å². The largest absolute Gasteiger partial charge is 0.496 e. The monoisotopic (exact) mass is 222 g/mol. The molecule has 0 spiro atoms. The molecular formula is C14H19FO. The Hall–Kier alpha value is -1.05. The van der Waals surface area contributed by atoms with Crippen LogP contribution in [0.4, 0.5) is 4.39 Å². The molecule has 1 aromatic rings. The molecule has 0 saturated heterocycles. The highest BCUT2D eigenvalue weighted by atomic mass is 19.1. The van der Waals surface area contributed by atoms with Gasteiger partial charge in [-0.25, -0.2) is 4.39 Å². The van der Waals surface area contributed by atoms with Gasteiger partial charge in [0, 0.05) is 6.07 Å². The van der Waals surface area contributed by atoms with Crippen LogP contribution in [-0.2, 0) is 0 Å². The Balaban J connectivity index is 2.11. The number of halogens is 1. The predicted octanol–water partition coefficient (Wildman–Crippen LogP) is 3.98. The van der Waals surface area contributed by atoms with Crippen molar-refractivity contribution in [3.05, 3.63) is 29.6 Å². The number of ether oxygens (including phenoxy) is 1. The Morgan fingerprint density at radius 2 is 2.19 bits per heavy atom. The topological polar surface area (TPSA) is 9.23 Å². The number of hydrogen-bond acceptors (Lipinski definition) is 1. The van der Waals surface area contributed by atoms with Gasteiger partial charge in [-0.3, -0.25) is 0 Å². The van der Waals surface area contributed by atoms with E-state index < -0.39 is 0 Å². The Bertz CT molecular complexity index is 373. The van der Waals surface area contributed by atoms with Crippen LogP contribution in [0.3, 0.4) is 0 Å². The van der Waals surface area contributed by atoms with E-state index in [-0.39, 0.29) is 5.82 Å². The molecule has 1 aromatic carbocycles. The molecule has 0 bridgehead atoms. The van der Waals surface area contributed by atoms with Gasteiger partial charge in [0.2, 0.25) is 0 Å². The van der Waals surface area contributed by atoms with Crippen LogP contribution in [0.15, 0.2) is 18.2 Å². The lowest BCUT2D eigenvalue weighted by atomic mass is 10.0. The van der Waals surface area contributed by atoms with Crippen molar-refractivity contribution < 1.29 is 9.13 Å². The molecule has 0 aromatic heterocycles. The van der Waals surface area contributed by atoms with Gasteiger partial charge in [0.25, 0.3) is 0 Å². The molecule has 0 heterocycles. The zero-order chi connectivity index (χ0) is 11.7. The molecule has 1 aliphatic rings. The molecule has 0 aliphatic heterocycles. The molecule has 2 atom stereocenters. The van der Waals surface area contributed by atoms with E-state index in [1.807, 2.05) is 6.07 Å². The second kappa shape index (κ2) is 4.44. The van der Waals surface area contributed by atoms with Gasteiger partial charge in [0.05, 0.1) is 7.11 Å². The van der Waals surface area contributed by atoms with Crippen LogP contribution in [0.2, 0.25) is 0 Å². The second-order valence-corrected chi connectivity index (χ2v) is 5.12. The zero-order valence-corrected chi connectivity index (χ0v) is 10.2. The zero-order valence-electron chi connectivity index (χ0n) is 10.2. The van der Waals surface area contributed by atoms with Crippen molar-refractivity contribution in [2.75, 3.05) is 7.11 Å². The minimum atomic E-state index is -0.221. The Morgan fingerprint density at radius 3 is 2.81 bits per heavy atom. The van der Waals surface area contributed by atoms with E-state index >= 15 is 0 Å². The maximum atomic E-state index is 13.0. The van der Waals surface area contributed by atoms with Crippen molar-refractivity contribution in [3.63, 3.8) is 0 Å². The highest BCUT2D eigenvalue weighted by Crippen LogP contribution is 2.53. The van der Waals surface area contributed by atoms with Crippen molar-refractivity contribution in [3.8, 4) is 5.75 Å². The van der Waals surface area contributed by atoms with Gasteiger partial charge in [-0.05, 0) is 42.2 Å². The van der Waals surface area contributed by atoms with Crippen LogP contribution in [0.25, 0.3) is 0 Å². The lowest BCUT2D eigenvalue weighted by Gasteiger charge is -2.09. The standard InChI is InChI=1S/C14H19FO/c1-9(2)6-10-7-13(10)12-5-4-11(15)8-14(12)16-3/h4-5,8-10,13H,6-7H2,1-3H3. The summed E-state index contributed by atoms with van der Waals surface area (Å²) in [5, 5.41) is 0. The smallest absolute Gasteiger partial charge is 0.126 e. The highest BCUT2D eigenvalue weighted by molar-refractivity contribution is 5.40. The van der Waals surface area contributed by atoms with E-state index in [2.05, 4.69) is 13.8 Å². The maximum Gasteiger partial charge on any atom is 0.126 e. The number of hydrogen-bond donors (Lipinski definition) is 0. The minimum Gasteiger partial charge on any atom is -0.496 e. The van der Waals surface area contributed by atoms with E-state index in [1.165, 1.54) is 30.5 Å². The van der Waals surface area contributed by atoms with Gasteiger partial charge in [0.1, 0.15) is 11.6 Å². The normalized spacial score (nSPS) is 23.6. The summed E-state index contributed by atoms with van der Waals surface area (Å²) in [6, 6.07) is 4.89. The fourth-order valence-corrected chi connectivity index (χ4v) is 2.49. The van der Waals surface area contributed by atoms with Crippen LogP contribution >= 0.6 is 0 Å². The first-order chi connectivity index (χ1) is 7.61. The van der Waals surface area contributed by atoms with Gasteiger partial charge in [-0.1, -0.05) is 19.9 Å². The summed E-state index contributed by atoms with van der Waals surface area (Å²) in [5.41, 5.74) is 1.18. The predicted molar refractivity (Wildman–Crippen MR) is 63.3 cm³/mol. The molecular weight excluding hydrogens is 203 g/mol. The van der Waals surface area contributed by atoms with Gasteiger partial charge >= 0.3 is 0 Å². The molecule has 0 N–H and O–H groups in total. The summed E-state index contributed by atoms with van der Waals surface area (Å²) >= 11 is 0. The fraction of sp³-hybridized carbons (Fsp3) is 0.571. The van der Waals surface area contributed by atoms with Crippen LogP contribution in [0.5, 0.6) is 5.75 Å². The summed E-state index contributed by atoms with van der Waals surface area (Å²) in [6.45, 7) is 4.49. The van der Waals surface area contributed by atoms with Gasteiger partial charge in [0.15, 0.2) is 0 Å². The first-order valence-electron chi connectivity index (χ1n) is 5.95. The van der Waals surface area contributed by atoms with Crippen LogP contribution < -0.4 is 4.74 Å². The lowest BCUT2D eigenvalue weighted by molar-refractivity contribution is 0.404. The molecule has 1 fully saturated rings. The molecule has 16 heavy (non-hydrogen) atoms. The lowest BCUT2D eigenvalue weighted by Crippen LogP contribution is -1.94.